The van der Waals surface area contributed by atoms with E-state index in [0.717, 1.165) is 17.6 Å². The van der Waals surface area contributed by atoms with Crippen molar-refractivity contribution >= 4 is 29.0 Å². The number of halogens is 1. The Morgan fingerprint density at radius 1 is 1.41 bits per heavy atom. The van der Waals surface area contributed by atoms with Crippen LogP contribution in [0, 0.1) is 0 Å². The molecular formula is C12H14ClN3O. The molecule has 0 saturated carbocycles. The number of carbonyl (C=O) groups excluding carboxylic acids is 1. The molecule has 90 valence electrons. The summed E-state index contributed by atoms with van der Waals surface area (Å²) in [5, 5.41) is 0.632. The van der Waals surface area contributed by atoms with E-state index >= 15 is 0 Å². The Labute approximate surface area is 105 Å². The van der Waals surface area contributed by atoms with Crippen LogP contribution in [0.15, 0.2) is 35.3 Å². The average molecular weight is 252 g/mol. The van der Waals surface area contributed by atoms with Gasteiger partial charge in [0.15, 0.2) is 0 Å². The molecule has 4 N–H and O–H groups in total. The first-order valence-electron chi connectivity index (χ1n) is 5.13. The van der Waals surface area contributed by atoms with Crippen molar-refractivity contribution in [2.24, 2.45) is 16.5 Å². The molecule has 5 heteroatoms. The maximum Gasteiger partial charge on any atom is 0.340 e. The molecule has 0 aliphatic rings. The molecule has 0 saturated heterocycles. The zero-order chi connectivity index (χ0) is 12.8. The number of carbonyl (C=O) groups is 1. The number of hydrogen-bond donors (Lipinski definition) is 2. The minimum Gasteiger partial charge on any atom is -0.384 e. The number of primary amides is 1. The number of aliphatic imine (C=N–C) groups is 1. The average Bonchev–Trinajstić information content (AvgIpc) is 2.26. The second-order valence-electron chi connectivity index (χ2n) is 3.38. The van der Waals surface area contributed by atoms with Crippen LogP contribution in [0.25, 0.3) is 5.57 Å². The number of amidine groups is 1. The maximum absolute atomic E-state index is 10.6. The topological polar surface area (TPSA) is 81.5 Å². The van der Waals surface area contributed by atoms with Gasteiger partial charge in [-0.05, 0) is 29.7 Å². The van der Waals surface area contributed by atoms with Gasteiger partial charge in [-0.25, -0.2) is 4.79 Å². The summed E-state index contributed by atoms with van der Waals surface area (Å²) in [6.45, 7) is 1.96. The number of amides is 2. The second-order valence-corrected chi connectivity index (χ2v) is 3.79. The van der Waals surface area contributed by atoms with Gasteiger partial charge in [0, 0.05) is 5.02 Å². The third-order valence-electron chi connectivity index (χ3n) is 2.16. The highest BCUT2D eigenvalue weighted by molar-refractivity contribution is 6.32. The highest BCUT2D eigenvalue weighted by Crippen LogP contribution is 2.25. The molecule has 1 aromatic carbocycles. The van der Waals surface area contributed by atoms with Crippen molar-refractivity contribution < 1.29 is 4.79 Å². The van der Waals surface area contributed by atoms with E-state index in [4.69, 9.17) is 23.1 Å². The minimum absolute atomic E-state index is 0.0780. The molecular weight excluding hydrogens is 238 g/mol. The van der Waals surface area contributed by atoms with Gasteiger partial charge in [-0.15, -0.1) is 0 Å². The lowest BCUT2D eigenvalue weighted by molar-refractivity contribution is 0.256. The third-order valence-corrected chi connectivity index (χ3v) is 2.49. The molecule has 0 atom stereocenters. The highest BCUT2D eigenvalue weighted by atomic mass is 35.5. The quantitative estimate of drug-likeness (QED) is 0.639. The molecule has 4 nitrogen and oxygen atoms in total. The van der Waals surface area contributed by atoms with Gasteiger partial charge >= 0.3 is 6.03 Å². The van der Waals surface area contributed by atoms with E-state index in [1.807, 2.05) is 25.1 Å². The third kappa shape index (κ3) is 3.92. The summed E-state index contributed by atoms with van der Waals surface area (Å²) in [6.07, 6.45) is 2.32. The van der Waals surface area contributed by atoms with Crippen molar-refractivity contribution in [2.45, 2.75) is 13.3 Å². The summed E-state index contributed by atoms with van der Waals surface area (Å²) in [7, 11) is 0. The number of urea groups is 1. The van der Waals surface area contributed by atoms with Gasteiger partial charge in [0.1, 0.15) is 5.84 Å². The molecule has 0 aromatic heterocycles. The Balaban J connectivity index is 3.12. The van der Waals surface area contributed by atoms with Crippen LogP contribution in [-0.4, -0.2) is 11.9 Å². The number of hydrogen-bond acceptors (Lipinski definition) is 1. The fourth-order valence-corrected chi connectivity index (χ4v) is 1.69. The fourth-order valence-electron chi connectivity index (χ4n) is 1.43. The second kappa shape index (κ2) is 6.06. The summed E-state index contributed by atoms with van der Waals surface area (Å²) in [5.41, 5.74) is 12.3. The highest BCUT2D eigenvalue weighted by Gasteiger charge is 2.04. The van der Waals surface area contributed by atoms with Crippen LogP contribution in [0.2, 0.25) is 5.02 Å². The number of allylic oxidation sites excluding steroid dienone is 1. The van der Waals surface area contributed by atoms with Crippen molar-refractivity contribution in [3.8, 4) is 0 Å². The van der Waals surface area contributed by atoms with Gasteiger partial charge in [-0.1, -0.05) is 36.7 Å². The predicted octanol–water partition coefficient (Wildman–Crippen LogP) is 2.57. The van der Waals surface area contributed by atoms with Gasteiger partial charge < -0.3 is 11.5 Å². The van der Waals surface area contributed by atoms with E-state index in [9.17, 15) is 4.79 Å². The monoisotopic (exact) mass is 251 g/mol. The van der Waals surface area contributed by atoms with Crippen LogP contribution in [0.1, 0.15) is 18.9 Å². The summed E-state index contributed by atoms with van der Waals surface area (Å²) in [5.74, 6) is 0.0780. The molecule has 0 fully saturated rings. The van der Waals surface area contributed by atoms with Crippen molar-refractivity contribution in [1.82, 2.24) is 0 Å². The van der Waals surface area contributed by atoms with Crippen molar-refractivity contribution in [1.29, 1.82) is 0 Å². The van der Waals surface area contributed by atoms with Gasteiger partial charge in [-0.3, -0.25) is 0 Å². The summed E-state index contributed by atoms with van der Waals surface area (Å²) < 4.78 is 0. The van der Waals surface area contributed by atoms with Gasteiger partial charge in [0.2, 0.25) is 0 Å². The Kier molecular flexibility index (Phi) is 4.72. The van der Waals surface area contributed by atoms with Crippen LogP contribution < -0.4 is 11.5 Å². The zero-order valence-corrected chi connectivity index (χ0v) is 10.2. The van der Waals surface area contributed by atoms with E-state index < -0.39 is 6.03 Å². The first-order valence-corrected chi connectivity index (χ1v) is 5.51. The number of nitrogens with zero attached hydrogens (tertiary/aromatic N) is 1. The largest absolute Gasteiger partial charge is 0.384 e. The molecule has 0 aliphatic heterocycles. The first-order chi connectivity index (χ1) is 8.04. The molecule has 0 bridgehead atoms. The Hall–Kier alpha value is -1.81. The van der Waals surface area contributed by atoms with E-state index in [-0.39, 0.29) is 5.84 Å². The molecule has 0 heterocycles. The van der Waals surface area contributed by atoms with E-state index in [1.165, 1.54) is 0 Å². The Morgan fingerprint density at radius 2 is 2.06 bits per heavy atom. The Bertz CT molecular complexity index is 480. The smallest absolute Gasteiger partial charge is 0.340 e. The molecule has 1 aromatic rings. The molecule has 0 aliphatic carbocycles. The standard InChI is InChI=1S/C12H14ClN3O/c1-2-8(7-11(14)16-12(15)17)9-5-3-4-6-10(9)13/h3-7H,2H2,1H3,(H4,14,15,16,17). The minimum atomic E-state index is -0.812. The summed E-state index contributed by atoms with van der Waals surface area (Å²) in [4.78, 5) is 14.0. The van der Waals surface area contributed by atoms with Crippen LogP contribution in [-0.2, 0) is 0 Å². The van der Waals surface area contributed by atoms with Crippen molar-refractivity contribution in [3.63, 3.8) is 0 Å². The molecule has 0 unspecified atom stereocenters. The number of rotatable bonds is 3. The zero-order valence-electron chi connectivity index (χ0n) is 9.48. The van der Waals surface area contributed by atoms with Gasteiger partial charge in [0.25, 0.3) is 0 Å². The van der Waals surface area contributed by atoms with Crippen molar-refractivity contribution in [3.05, 3.63) is 40.9 Å². The molecule has 1 rings (SSSR count). The number of nitrogens with two attached hydrogens (primary N) is 2. The van der Waals surface area contributed by atoms with Crippen LogP contribution in [0.4, 0.5) is 4.79 Å². The first kappa shape index (κ1) is 13.3. The van der Waals surface area contributed by atoms with Crippen molar-refractivity contribution in [2.75, 3.05) is 0 Å². The Morgan fingerprint density at radius 3 is 2.59 bits per heavy atom. The van der Waals surface area contributed by atoms with E-state index in [1.54, 1.807) is 12.1 Å². The molecule has 2 amide bonds. The van der Waals surface area contributed by atoms with Gasteiger partial charge in [0.05, 0.1) is 0 Å². The van der Waals surface area contributed by atoms with E-state index in [2.05, 4.69) is 4.99 Å². The summed E-state index contributed by atoms with van der Waals surface area (Å²) in [6, 6.07) is 6.59. The predicted molar refractivity (Wildman–Crippen MR) is 70.9 cm³/mol. The lowest BCUT2D eigenvalue weighted by Crippen LogP contribution is -2.15. The lowest BCUT2D eigenvalue weighted by atomic mass is 10.0. The van der Waals surface area contributed by atoms with Crippen LogP contribution in [0.3, 0.4) is 0 Å². The normalized spacial score (nSPS) is 12.6. The van der Waals surface area contributed by atoms with Crippen LogP contribution in [0.5, 0.6) is 0 Å². The van der Waals surface area contributed by atoms with Crippen LogP contribution >= 0.6 is 11.6 Å². The molecule has 0 spiro atoms. The summed E-state index contributed by atoms with van der Waals surface area (Å²) >= 11 is 6.07. The van der Waals surface area contributed by atoms with Gasteiger partial charge in [-0.2, -0.15) is 4.99 Å². The molecule has 17 heavy (non-hydrogen) atoms. The molecule has 0 radical (unpaired) electrons. The fraction of sp³-hybridized carbons (Fsp3) is 0.167. The number of benzene rings is 1. The lowest BCUT2D eigenvalue weighted by Gasteiger charge is -2.07. The SMILES string of the molecule is CCC(=CC(N)=NC(N)=O)c1ccccc1Cl. The van der Waals surface area contributed by atoms with E-state index in [0.29, 0.717) is 5.02 Å². The maximum atomic E-state index is 10.6.